The monoisotopic (exact) mass is 338 g/mol. The Morgan fingerprint density at radius 1 is 1.24 bits per heavy atom. The van der Waals surface area contributed by atoms with Gasteiger partial charge in [-0.15, -0.1) is 0 Å². The smallest absolute Gasteiger partial charge is 0.259 e. The number of carbonyl (C=O) groups is 1. The normalized spacial score (nSPS) is 11.7. The van der Waals surface area contributed by atoms with E-state index in [1.54, 1.807) is 13.0 Å². The van der Waals surface area contributed by atoms with Crippen LogP contribution >= 0.6 is 0 Å². The summed E-state index contributed by atoms with van der Waals surface area (Å²) in [7, 11) is 0. The first-order valence-electron chi connectivity index (χ1n) is 8.17. The fraction of sp³-hybridized carbons (Fsp3) is 0.316. The van der Waals surface area contributed by atoms with Gasteiger partial charge in [0.2, 0.25) is 0 Å². The summed E-state index contributed by atoms with van der Waals surface area (Å²) >= 11 is 0. The van der Waals surface area contributed by atoms with Crippen LogP contribution in [0.2, 0.25) is 0 Å². The van der Waals surface area contributed by atoms with Crippen LogP contribution in [0.15, 0.2) is 34.9 Å². The molecule has 1 aromatic carbocycles. The molecule has 0 saturated carbocycles. The number of amides is 1. The second-order valence-electron chi connectivity index (χ2n) is 6.91. The summed E-state index contributed by atoms with van der Waals surface area (Å²) in [6, 6.07) is 9.73. The van der Waals surface area contributed by atoms with Crippen LogP contribution in [-0.2, 0) is 0 Å². The molecular weight excluding hydrogens is 316 g/mol. The van der Waals surface area contributed by atoms with Gasteiger partial charge in [-0.2, -0.15) is 0 Å². The molecule has 0 aliphatic carbocycles. The van der Waals surface area contributed by atoms with Gasteiger partial charge in [-0.1, -0.05) is 35.0 Å². The molecule has 0 unspecified atom stereocenters. The number of aromatic nitrogens is 2. The third kappa shape index (κ3) is 3.39. The molecule has 0 radical (unpaired) electrons. The van der Waals surface area contributed by atoms with Crippen molar-refractivity contribution < 1.29 is 9.32 Å². The van der Waals surface area contributed by atoms with E-state index in [-0.39, 0.29) is 5.91 Å². The zero-order chi connectivity index (χ0) is 18.2. The molecular formula is C19H22N4O2. The Bertz CT molecular complexity index is 926. The SMILES string of the molecule is Cc1ccc(-c2cc(C(=O)NC(C)(C)CN)c3c(C)noc3n2)cc1. The number of benzene rings is 1. The van der Waals surface area contributed by atoms with E-state index in [1.807, 2.05) is 45.0 Å². The van der Waals surface area contributed by atoms with Crippen LogP contribution < -0.4 is 11.1 Å². The topological polar surface area (TPSA) is 94.0 Å². The summed E-state index contributed by atoms with van der Waals surface area (Å²) in [5.41, 5.74) is 9.43. The zero-order valence-electron chi connectivity index (χ0n) is 14.9. The van der Waals surface area contributed by atoms with Crippen LogP contribution in [0.1, 0.15) is 35.5 Å². The molecule has 3 rings (SSSR count). The Balaban J connectivity index is 2.14. The van der Waals surface area contributed by atoms with Crippen LogP contribution in [-0.4, -0.2) is 28.1 Å². The summed E-state index contributed by atoms with van der Waals surface area (Å²) in [4.78, 5) is 17.4. The second kappa shape index (κ2) is 6.29. The van der Waals surface area contributed by atoms with Crippen molar-refractivity contribution in [3.8, 4) is 11.3 Å². The Hall–Kier alpha value is -2.73. The summed E-state index contributed by atoms with van der Waals surface area (Å²) in [5.74, 6) is -0.220. The summed E-state index contributed by atoms with van der Waals surface area (Å²) in [5, 5.41) is 7.55. The van der Waals surface area contributed by atoms with Gasteiger partial charge in [-0.05, 0) is 33.8 Å². The molecule has 1 amide bonds. The number of nitrogens with one attached hydrogen (secondary N) is 1. The zero-order valence-corrected chi connectivity index (χ0v) is 14.9. The second-order valence-corrected chi connectivity index (χ2v) is 6.91. The van der Waals surface area contributed by atoms with Crippen molar-refractivity contribution in [3.05, 3.63) is 47.2 Å². The van der Waals surface area contributed by atoms with Crippen molar-refractivity contribution in [2.75, 3.05) is 6.54 Å². The molecule has 0 aliphatic heterocycles. The number of rotatable bonds is 4. The summed E-state index contributed by atoms with van der Waals surface area (Å²) < 4.78 is 5.32. The highest BCUT2D eigenvalue weighted by Crippen LogP contribution is 2.27. The molecule has 0 fully saturated rings. The van der Waals surface area contributed by atoms with E-state index in [0.717, 1.165) is 11.1 Å². The van der Waals surface area contributed by atoms with Crippen LogP contribution in [0.5, 0.6) is 0 Å². The van der Waals surface area contributed by atoms with Crippen molar-refractivity contribution in [1.82, 2.24) is 15.5 Å². The Morgan fingerprint density at radius 3 is 2.56 bits per heavy atom. The van der Waals surface area contributed by atoms with E-state index in [9.17, 15) is 4.79 Å². The van der Waals surface area contributed by atoms with E-state index in [0.29, 0.717) is 34.6 Å². The Morgan fingerprint density at radius 2 is 1.92 bits per heavy atom. The highest BCUT2D eigenvalue weighted by molar-refractivity contribution is 6.07. The highest BCUT2D eigenvalue weighted by atomic mass is 16.5. The van der Waals surface area contributed by atoms with Crippen LogP contribution in [0.25, 0.3) is 22.4 Å². The number of hydrogen-bond acceptors (Lipinski definition) is 5. The van der Waals surface area contributed by atoms with Gasteiger partial charge in [-0.3, -0.25) is 4.79 Å². The lowest BCUT2D eigenvalue weighted by atomic mass is 10.0. The van der Waals surface area contributed by atoms with Gasteiger partial charge < -0.3 is 15.6 Å². The lowest BCUT2D eigenvalue weighted by Crippen LogP contribution is -2.48. The minimum Gasteiger partial charge on any atom is -0.346 e. The summed E-state index contributed by atoms with van der Waals surface area (Å²) in [6.45, 7) is 7.91. The van der Waals surface area contributed by atoms with Gasteiger partial charge in [0.25, 0.3) is 11.6 Å². The van der Waals surface area contributed by atoms with Gasteiger partial charge >= 0.3 is 0 Å². The van der Waals surface area contributed by atoms with Gasteiger partial charge in [0.05, 0.1) is 22.3 Å². The van der Waals surface area contributed by atoms with Gasteiger partial charge in [0, 0.05) is 17.6 Å². The van der Waals surface area contributed by atoms with E-state index in [1.165, 1.54) is 0 Å². The lowest BCUT2D eigenvalue weighted by Gasteiger charge is -2.24. The quantitative estimate of drug-likeness (QED) is 0.763. The van der Waals surface area contributed by atoms with Crippen LogP contribution in [0.4, 0.5) is 0 Å². The first kappa shape index (κ1) is 17.1. The molecule has 3 N–H and O–H groups in total. The Labute approximate surface area is 146 Å². The molecule has 0 saturated heterocycles. The fourth-order valence-corrected chi connectivity index (χ4v) is 2.57. The van der Waals surface area contributed by atoms with Crippen LogP contribution in [0.3, 0.4) is 0 Å². The number of aryl methyl sites for hydroxylation is 2. The fourth-order valence-electron chi connectivity index (χ4n) is 2.57. The van der Waals surface area contributed by atoms with E-state index in [2.05, 4.69) is 15.5 Å². The average Bonchev–Trinajstić information content (AvgIpc) is 2.95. The largest absolute Gasteiger partial charge is 0.346 e. The van der Waals surface area contributed by atoms with Crippen molar-refractivity contribution in [2.24, 2.45) is 5.73 Å². The maximum absolute atomic E-state index is 12.9. The number of carbonyl (C=O) groups excluding carboxylic acids is 1. The van der Waals surface area contributed by atoms with Gasteiger partial charge in [-0.25, -0.2) is 4.98 Å². The predicted molar refractivity (Wildman–Crippen MR) is 97.3 cm³/mol. The summed E-state index contributed by atoms with van der Waals surface area (Å²) in [6.07, 6.45) is 0. The first-order chi connectivity index (χ1) is 11.8. The molecule has 0 aliphatic rings. The minimum absolute atomic E-state index is 0.220. The molecule has 3 aromatic rings. The van der Waals surface area contributed by atoms with Gasteiger partial charge in [0.15, 0.2) is 0 Å². The van der Waals surface area contributed by atoms with E-state index < -0.39 is 5.54 Å². The van der Waals surface area contributed by atoms with E-state index >= 15 is 0 Å². The number of hydrogen-bond donors (Lipinski definition) is 2. The molecule has 6 heteroatoms. The highest BCUT2D eigenvalue weighted by Gasteiger charge is 2.24. The molecule has 6 nitrogen and oxygen atoms in total. The van der Waals surface area contributed by atoms with Crippen molar-refractivity contribution in [2.45, 2.75) is 33.2 Å². The molecule has 2 aromatic heterocycles. The number of pyridine rings is 1. The van der Waals surface area contributed by atoms with Gasteiger partial charge in [0.1, 0.15) is 0 Å². The molecule has 130 valence electrons. The number of fused-ring (bicyclic) bond motifs is 1. The van der Waals surface area contributed by atoms with E-state index in [4.69, 9.17) is 10.3 Å². The molecule has 2 heterocycles. The average molecular weight is 338 g/mol. The maximum atomic E-state index is 12.9. The predicted octanol–water partition coefficient (Wildman–Crippen LogP) is 2.97. The lowest BCUT2D eigenvalue weighted by molar-refractivity contribution is 0.0917. The third-order valence-corrected chi connectivity index (χ3v) is 4.17. The number of nitrogens with zero attached hydrogens (tertiary/aromatic N) is 2. The third-order valence-electron chi connectivity index (χ3n) is 4.17. The molecule has 25 heavy (non-hydrogen) atoms. The van der Waals surface area contributed by atoms with Crippen LogP contribution in [0, 0.1) is 13.8 Å². The Kier molecular flexibility index (Phi) is 4.30. The first-order valence-corrected chi connectivity index (χ1v) is 8.17. The van der Waals surface area contributed by atoms with Crippen molar-refractivity contribution in [1.29, 1.82) is 0 Å². The number of nitrogens with two attached hydrogens (primary N) is 1. The molecule has 0 spiro atoms. The molecule has 0 bridgehead atoms. The minimum atomic E-state index is -0.512. The maximum Gasteiger partial charge on any atom is 0.259 e. The standard InChI is InChI=1S/C19H22N4O2/c1-11-5-7-13(8-6-11)15-9-14(17(24)22-19(3,4)10-20)16-12(2)23-25-18(16)21-15/h5-9H,10,20H2,1-4H3,(H,22,24). The molecule has 0 atom stereocenters. The van der Waals surface area contributed by atoms with Crippen molar-refractivity contribution in [3.63, 3.8) is 0 Å². The van der Waals surface area contributed by atoms with Crippen molar-refractivity contribution >= 4 is 17.0 Å².